The van der Waals surface area contributed by atoms with Gasteiger partial charge in [0, 0.05) is 32.3 Å². The molecular weight excluding hydrogens is 352 g/mol. The van der Waals surface area contributed by atoms with Crippen molar-refractivity contribution in [2.45, 2.75) is 44.8 Å². The Morgan fingerprint density at radius 3 is 2.04 bits per heavy atom. The third-order valence-electron chi connectivity index (χ3n) is 5.25. The number of likely N-dealkylation sites (tertiary alicyclic amines) is 1. The summed E-state index contributed by atoms with van der Waals surface area (Å²) < 4.78 is 0. The van der Waals surface area contributed by atoms with E-state index in [0.717, 1.165) is 30.4 Å². The molecule has 0 saturated carbocycles. The summed E-state index contributed by atoms with van der Waals surface area (Å²) >= 11 is 0. The van der Waals surface area contributed by atoms with Gasteiger partial charge in [-0.1, -0.05) is 60.7 Å². The minimum absolute atomic E-state index is 0.0282. The number of aliphatic hydroxyl groups is 1. The zero-order valence-corrected chi connectivity index (χ0v) is 16.2. The van der Waals surface area contributed by atoms with E-state index in [1.165, 1.54) is 0 Å². The Balaban J connectivity index is 1.79. The largest absolute Gasteiger partial charge is 0.396 e. The van der Waals surface area contributed by atoms with Crippen LogP contribution in [0.4, 0.5) is 0 Å². The number of aliphatic hydroxyl groups excluding tert-OH is 1. The van der Waals surface area contributed by atoms with E-state index >= 15 is 0 Å². The van der Waals surface area contributed by atoms with Gasteiger partial charge in [-0.25, -0.2) is 0 Å². The van der Waals surface area contributed by atoms with Gasteiger partial charge in [-0.05, 0) is 36.8 Å². The maximum absolute atomic E-state index is 13.2. The molecule has 1 N–H and O–H groups in total. The summed E-state index contributed by atoms with van der Waals surface area (Å²) in [4.78, 5) is 29.5. The Kier molecular flexibility index (Phi) is 7.20. The van der Waals surface area contributed by atoms with Gasteiger partial charge in [-0.2, -0.15) is 0 Å². The van der Waals surface area contributed by atoms with Crippen LogP contribution in [0, 0.1) is 0 Å². The van der Waals surface area contributed by atoms with E-state index in [0.29, 0.717) is 26.1 Å². The molecule has 2 aromatic carbocycles. The van der Waals surface area contributed by atoms with Crippen molar-refractivity contribution in [1.82, 2.24) is 9.80 Å². The molecule has 0 radical (unpaired) electrons. The first kappa shape index (κ1) is 20.1. The monoisotopic (exact) mass is 380 g/mol. The highest BCUT2D eigenvalue weighted by Crippen LogP contribution is 2.21. The summed E-state index contributed by atoms with van der Waals surface area (Å²) in [6, 6.07) is 19.4. The van der Waals surface area contributed by atoms with Crippen LogP contribution in [-0.2, 0) is 22.7 Å². The molecule has 1 aliphatic rings. The lowest BCUT2D eigenvalue weighted by atomic mass is 9.99. The number of carbonyl (C=O) groups is 2. The summed E-state index contributed by atoms with van der Waals surface area (Å²) in [6.45, 7) is 1.39. The van der Waals surface area contributed by atoms with E-state index in [1.54, 1.807) is 9.80 Å². The molecule has 1 saturated heterocycles. The molecule has 0 aromatic heterocycles. The molecule has 3 rings (SSSR count). The number of benzene rings is 2. The average molecular weight is 380 g/mol. The number of carbonyl (C=O) groups excluding carboxylic acids is 2. The lowest BCUT2D eigenvalue weighted by molar-refractivity contribution is -0.155. The quantitative estimate of drug-likeness (QED) is 0.784. The predicted octanol–water partition coefficient (Wildman–Crippen LogP) is 2.98. The van der Waals surface area contributed by atoms with Gasteiger partial charge >= 0.3 is 11.8 Å². The van der Waals surface area contributed by atoms with E-state index in [4.69, 9.17) is 0 Å². The fourth-order valence-electron chi connectivity index (χ4n) is 3.78. The SMILES string of the molecule is O=C(C(=O)N1CCCCC1CCO)N(Cc1ccccc1)Cc1ccccc1. The zero-order valence-electron chi connectivity index (χ0n) is 16.2. The Morgan fingerprint density at radius 2 is 1.50 bits per heavy atom. The highest BCUT2D eigenvalue weighted by atomic mass is 16.3. The van der Waals surface area contributed by atoms with Gasteiger partial charge in [0.2, 0.25) is 0 Å². The van der Waals surface area contributed by atoms with E-state index in [-0.39, 0.29) is 12.6 Å². The topological polar surface area (TPSA) is 60.9 Å². The molecule has 148 valence electrons. The van der Waals surface area contributed by atoms with Crippen molar-refractivity contribution in [2.24, 2.45) is 0 Å². The first-order valence-electron chi connectivity index (χ1n) is 9.97. The molecule has 0 aliphatic carbocycles. The Hall–Kier alpha value is -2.66. The van der Waals surface area contributed by atoms with E-state index in [1.807, 2.05) is 60.7 Å². The number of amides is 2. The van der Waals surface area contributed by atoms with Gasteiger partial charge in [-0.3, -0.25) is 9.59 Å². The normalized spacial score (nSPS) is 16.6. The number of piperidine rings is 1. The van der Waals surface area contributed by atoms with Crippen LogP contribution in [0.3, 0.4) is 0 Å². The molecular formula is C23H28N2O3. The highest BCUT2D eigenvalue weighted by Gasteiger charge is 2.33. The third kappa shape index (κ3) is 5.20. The van der Waals surface area contributed by atoms with Crippen LogP contribution < -0.4 is 0 Å². The standard InChI is InChI=1S/C23H28N2O3/c26-16-14-21-13-7-8-15-25(21)23(28)22(27)24(17-19-9-3-1-4-10-19)18-20-11-5-2-6-12-20/h1-6,9-12,21,26H,7-8,13-18H2. The molecule has 2 amide bonds. The molecule has 28 heavy (non-hydrogen) atoms. The molecule has 5 heteroatoms. The van der Waals surface area contributed by atoms with Crippen LogP contribution >= 0.6 is 0 Å². The van der Waals surface area contributed by atoms with Crippen LogP contribution in [0.1, 0.15) is 36.8 Å². The Morgan fingerprint density at radius 1 is 0.929 bits per heavy atom. The second kappa shape index (κ2) is 10.0. The summed E-state index contributed by atoms with van der Waals surface area (Å²) in [7, 11) is 0. The van der Waals surface area contributed by atoms with Crippen LogP contribution in [0.15, 0.2) is 60.7 Å². The second-order valence-electron chi connectivity index (χ2n) is 7.29. The Labute approximate surface area is 166 Å². The molecule has 1 fully saturated rings. The molecule has 2 aromatic rings. The van der Waals surface area contributed by atoms with Crippen molar-refractivity contribution in [3.8, 4) is 0 Å². The lowest BCUT2D eigenvalue weighted by Crippen LogP contribution is -2.51. The van der Waals surface area contributed by atoms with Crippen molar-refractivity contribution in [2.75, 3.05) is 13.2 Å². The third-order valence-corrected chi connectivity index (χ3v) is 5.25. The maximum Gasteiger partial charge on any atom is 0.312 e. The molecule has 1 unspecified atom stereocenters. The summed E-state index contributed by atoms with van der Waals surface area (Å²) in [5.41, 5.74) is 1.98. The van der Waals surface area contributed by atoms with Crippen LogP contribution in [0.5, 0.6) is 0 Å². The number of rotatable bonds is 6. The molecule has 1 aliphatic heterocycles. The van der Waals surface area contributed by atoms with Gasteiger partial charge in [0.1, 0.15) is 0 Å². The molecule has 1 atom stereocenters. The minimum Gasteiger partial charge on any atom is -0.396 e. The predicted molar refractivity (Wildman–Crippen MR) is 108 cm³/mol. The average Bonchev–Trinajstić information content (AvgIpc) is 2.74. The van der Waals surface area contributed by atoms with Crippen molar-refractivity contribution < 1.29 is 14.7 Å². The van der Waals surface area contributed by atoms with E-state index in [2.05, 4.69) is 0 Å². The molecule has 0 spiro atoms. The fraction of sp³-hybridized carbons (Fsp3) is 0.391. The molecule has 1 heterocycles. The summed E-state index contributed by atoms with van der Waals surface area (Å²) in [5.74, 6) is -0.928. The minimum atomic E-state index is -0.474. The first-order valence-corrected chi connectivity index (χ1v) is 9.97. The Bertz CT molecular complexity index is 720. The second-order valence-corrected chi connectivity index (χ2v) is 7.29. The first-order chi connectivity index (χ1) is 13.7. The van der Waals surface area contributed by atoms with Crippen molar-refractivity contribution in [3.63, 3.8) is 0 Å². The summed E-state index contributed by atoms with van der Waals surface area (Å²) in [6.07, 6.45) is 3.30. The van der Waals surface area contributed by atoms with Crippen LogP contribution in [0.2, 0.25) is 0 Å². The smallest absolute Gasteiger partial charge is 0.312 e. The van der Waals surface area contributed by atoms with Crippen molar-refractivity contribution in [1.29, 1.82) is 0 Å². The highest BCUT2D eigenvalue weighted by molar-refractivity contribution is 6.34. The molecule has 0 bridgehead atoms. The van der Waals surface area contributed by atoms with Gasteiger partial charge in [-0.15, -0.1) is 0 Å². The number of nitrogens with zero attached hydrogens (tertiary/aromatic N) is 2. The maximum atomic E-state index is 13.2. The van der Waals surface area contributed by atoms with Crippen molar-refractivity contribution >= 4 is 11.8 Å². The van der Waals surface area contributed by atoms with Crippen LogP contribution in [0.25, 0.3) is 0 Å². The van der Waals surface area contributed by atoms with E-state index in [9.17, 15) is 14.7 Å². The summed E-state index contributed by atoms with van der Waals surface area (Å²) in [5, 5.41) is 9.32. The van der Waals surface area contributed by atoms with Crippen molar-refractivity contribution in [3.05, 3.63) is 71.8 Å². The van der Waals surface area contributed by atoms with Gasteiger partial charge in [0.15, 0.2) is 0 Å². The van der Waals surface area contributed by atoms with Gasteiger partial charge in [0.25, 0.3) is 0 Å². The van der Waals surface area contributed by atoms with Gasteiger partial charge in [0.05, 0.1) is 0 Å². The number of hydrogen-bond donors (Lipinski definition) is 1. The zero-order chi connectivity index (χ0) is 19.8. The van der Waals surface area contributed by atoms with Gasteiger partial charge < -0.3 is 14.9 Å². The lowest BCUT2D eigenvalue weighted by Gasteiger charge is -2.36. The fourth-order valence-corrected chi connectivity index (χ4v) is 3.78. The molecule has 5 nitrogen and oxygen atoms in total. The number of hydrogen-bond acceptors (Lipinski definition) is 3. The van der Waals surface area contributed by atoms with E-state index < -0.39 is 11.8 Å². The van der Waals surface area contributed by atoms with Crippen LogP contribution in [-0.4, -0.2) is 45.9 Å².